The molecule has 11 heavy (non-hydrogen) atoms. The Balaban J connectivity index is 1.93. The molecule has 0 aromatic carbocycles. The van der Waals surface area contributed by atoms with Gasteiger partial charge < -0.3 is 4.74 Å². The van der Waals surface area contributed by atoms with Crippen LogP contribution in [0.5, 0.6) is 0 Å². The van der Waals surface area contributed by atoms with Crippen LogP contribution in [0.2, 0.25) is 0 Å². The Morgan fingerprint density at radius 3 is 1.18 bits per heavy atom. The van der Waals surface area contributed by atoms with Gasteiger partial charge in [-0.2, -0.15) is 0 Å². The third-order valence-electron chi connectivity index (χ3n) is 4.28. The monoisotopic (exact) mass is 152 g/mol. The third kappa shape index (κ3) is 0.416. The lowest BCUT2D eigenvalue weighted by Crippen LogP contribution is -2.07. The van der Waals surface area contributed by atoms with Gasteiger partial charge in [0.15, 0.2) is 0 Å². The van der Waals surface area contributed by atoms with E-state index in [0.29, 0.717) is 22.0 Å². The highest BCUT2D eigenvalue weighted by atomic mass is 16.7. The topological polar surface area (TPSA) is 12.5 Å². The van der Waals surface area contributed by atoms with E-state index in [1.165, 1.54) is 12.8 Å². The molecule has 3 aliphatic rings. The van der Waals surface area contributed by atoms with Crippen LogP contribution >= 0.6 is 0 Å². The molecule has 2 aliphatic carbocycles. The number of epoxide rings is 1. The molecular formula is C10H16O. The molecule has 1 aliphatic heterocycles. The summed E-state index contributed by atoms with van der Waals surface area (Å²) in [5.74, 6) is 0. The second kappa shape index (κ2) is 1.10. The molecule has 2 saturated carbocycles. The molecule has 0 amide bonds. The number of fused-ring (bicyclic) bond motifs is 1. The van der Waals surface area contributed by atoms with Crippen LogP contribution < -0.4 is 0 Å². The summed E-state index contributed by atoms with van der Waals surface area (Å²) in [5.41, 5.74) is 1.65. The standard InChI is InChI=1S/C10H16O/c1-7(2)5-9(7)10(11-9)6-8(10,3)4/h5-6H2,1-4H3. The van der Waals surface area contributed by atoms with E-state index >= 15 is 0 Å². The molecule has 2 unspecified atom stereocenters. The first kappa shape index (κ1) is 6.47. The lowest BCUT2D eigenvalue weighted by Gasteiger charge is -1.97. The molecule has 0 aromatic heterocycles. The molecule has 3 fully saturated rings. The van der Waals surface area contributed by atoms with Crippen molar-refractivity contribution in [1.82, 2.24) is 0 Å². The summed E-state index contributed by atoms with van der Waals surface area (Å²) in [4.78, 5) is 0. The van der Waals surface area contributed by atoms with Crippen molar-refractivity contribution < 1.29 is 4.74 Å². The molecule has 2 spiro atoms. The van der Waals surface area contributed by atoms with Crippen LogP contribution in [0.4, 0.5) is 0 Å². The zero-order valence-electron chi connectivity index (χ0n) is 7.82. The highest BCUT2D eigenvalue weighted by Crippen LogP contribution is 2.89. The van der Waals surface area contributed by atoms with E-state index in [-0.39, 0.29) is 0 Å². The molecule has 0 bridgehead atoms. The van der Waals surface area contributed by atoms with Gasteiger partial charge in [-0.05, 0) is 23.7 Å². The summed E-state index contributed by atoms with van der Waals surface area (Å²) < 4.78 is 5.94. The summed E-state index contributed by atoms with van der Waals surface area (Å²) in [6.45, 7) is 9.32. The van der Waals surface area contributed by atoms with Gasteiger partial charge in [0.1, 0.15) is 11.2 Å². The minimum atomic E-state index is 0.337. The fourth-order valence-corrected chi connectivity index (χ4v) is 3.16. The summed E-state index contributed by atoms with van der Waals surface area (Å²) in [6, 6.07) is 0. The number of hydrogen-bond donors (Lipinski definition) is 0. The van der Waals surface area contributed by atoms with Gasteiger partial charge in [-0.25, -0.2) is 0 Å². The molecule has 0 aromatic rings. The number of ether oxygens (including phenoxy) is 1. The molecule has 1 heterocycles. The van der Waals surface area contributed by atoms with Gasteiger partial charge in [0.2, 0.25) is 0 Å². The Hall–Kier alpha value is -0.0400. The average molecular weight is 152 g/mol. The first-order valence-electron chi connectivity index (χ1n) is 4.57. The van der Waals surface area contributed by atoms with Crippen molar-refractivity contribution >= 4 is 0 Å². The molecule has 1 heteroatoms. The molecule has 62 valence electrons. The third-order valence-corrected chi connectivity index (χ3v) is 4.28. The van der Waals surface area contributed by atoms with Crippen LogP contribution in [0.15, 0.2) is 0 Å². The maximum atomic E-state index is 5.94. The fourth-order valence-electron chi connectivity index (χ4n) is 3.16. The number of hydrogen-bond acceptors (Lipinski definition) is 1. The Morgan fingerprint density at radius 2 is 1.09 bits per heavy atom. The molecule has 1 nitrogen and oxygen atoms in total. The molecule has 3 rings (SSSR count). The van der Waals surface area contributed by atoms with Crippen molar-refractivity contribution in [2.24, 2.45) is 10.8 Å². The van der Waals surface area contributed by atoms with Gasteiger partial charge >= 0.3 is 0 Å². The Morgan fingerprint density at radius 1 is 0.818 bits per heavy atom. The summed E-state index contributed by atoms with van der Waals surface area (Å²) in [6.07, 6.45) is 2.59. The predicted octanol–water partition coefficient (Wildman–Crippen LogP) is 2.35. The first-order chi connectivity index (χ1) is 4.87. The molecule has 0 N–H and O–H groups in total. The van der Waals surface area contributed by atoms with Crippen molar-refractivity contribution in [2.75, 3.05) is 0 Å². The minimum Gasteiger partial charge on any atom is -0.361 e. The molecule has 1 saturated heterocycles. The van der Waals surface area contributed by atoms with Crippen molar-refractivity contribution in [1.29, 1.82) is 0 Å². The van der Waals surface area contributed by atoms with Gasteiger partial charge in [0.05, 0.1) is 0 Å². The quantitative estimate of drug-likeness (QED) is 0.485. The maximum absolute atomic E-state index is 5.94. The van der Waals surface area contributed by atoms with Gasteiger partial charge in [-0.3, -0.25) is 0 Å². The van der Waals surface area contributed by atoms with E-state index in [2.05, 4.69) is 27.7 Å². The van der Waals surface area contributed by atoms with Crippen LogP contribution in [-0.2, 0) is 4.74 Å². The predicted molar refractivity (Wildman–Crippen MR) is 43.3 cm³/mol. The van der Waals surface area contributed by atoms with Crippen LogP contribution in [-0.4, -0.2) is 11.2 Å². The lowest BCUT2D eigenvalue weighted by molar-refractivity contribution is 0.309. The van der Waals surface area contributed by atoms with Crippen molar-refractivity contribution in [2.45, 2.75) is 51.7 Å². The van der Waals surface area contributed by atoms with E-state index in [0.717, 1.165) is 0 Å². The Bertz CT molecular complexity index is 228. The second-order valence-corrected chi connectivity index (χ2v) is 5.88. The van der Waals surface area contributed by atoms with E-state index in [1.807, 2.05) is 0 Å². The molecule has 0 radical (unpaired) electrons. The van der Waals surface area contributed by atoms with Crippen molar-refractivity contribution in [3.05, 3.63) is 0 Å². The highest BCUT2D eigenvalue weighted by Gasteiger charge is 2.96. The Kier molecular flexibility index (Phi) is 0.647. The molecular weight excluding hydrogens is 136 g/mol. The maximum Gasteiger partial charge on any atom is 0.104 e. The van der Waals surface area contributed by atoms with Crippen molar-refractivity contribution in [3.63, 3.8) is 0 Å². The molecule has 2 atom stereocenters. The normalized spacial score (nSPS) is 60.0. The van der Waals surface area contributed by atoms with Crippen LogP contribution in [0, 0.1) is 10.8 Å². The number of rotatable bonds is 0. The second-order valence-electron chi connectivity index (χ2n) is 5.88. The fraction of sp³-hybridized carbons (Fsp3) is 1.00. The van der Waals surface area contributed by atoms with Crippen molar-refractivity contribution in [3.8, 4) is 0 Å². The van der Waals surface area contributed by atoms with Crippen LogP contribution in [0.3, 0.4) is 0 Å². The van der Waals surface area contributed by atoms with Gasteiger partial charge in [0, 0.05) is 0 Å². The minimum absolute atomic E-state index is 0.337. The van der Waals surface area contributed by atoms with E-state index in [4.69, 9.17) is 4.74 Å². The largest absolute Gasteiger partial charge is 0.361 e. The van der Waals surface area contributed by atoms with Gasteiger partial charge in [-0.1, -0.05) is 27.7 Å². The Labute approximate surface area is 68.1 Å². The average Bonchev–Trinajstić information content (AvgIpc) is 2.56. The van der Waals surface area contributed by atoms with Gasteiger partial charge in [0.25, 0.3) is 0 Å². The first-order valence-corrected chi connectivity index (χ1v) is 4.57. The van der Waals surface area contributed by atoms with Gasteiger partial charge in [-0.15, -0.1) is 0 Å². The highest BCUT2D eigenvalue weighted by molar-refractivity contribution is 5.44. The van der Waals surface area contributed by atoms with E-state index in [9.17, 15) is 0 Å². The summed E-state index contributed by atoms with van der Waals surface area (Å²) in [5, 5.41) is 0. The van der Waals surface area contributed by atoms with Crippen LogP contribution in [0.1, 0.15) is 40.5 Å². The van der Waals surface area contributed by atoms with E-state index < -0.39 is 0 Å². The van der Waals surface area contributed by atoms with Crippen LogP contribution in [0.25, 0.3) is 0 Å². The zero-order valence-corrected chi connectivity index (χ0v) is 7.82. The lowest BCUT2D eigenvalue weighted by atomic mass is 10.0. The summed E-state index contributed by atoms with van der Waals surface area (Å²) >= 11 is 0. The SMILES string of the molecule is CC1(C)CC12OC21CC1(C)C. The summed E-state index contributed by atoms with van der Waals surface area (Å²) in [7, 11) is 0. The smallest absolute Gasteiger partial charge is 0.104 e. The van der Waals surface area contributed by atoms with E-state index in [1.54, 1.807) is 0 Å². The zero-order chi connectivity index (χ0) is 8.12.